The Bertz CT molecular complexity index is 522. The summed E-state index contributed by atoms with van der Waals surface area (Å²) in [5.41, 5.74) is 0.967. The summed E-state index contributed by atoms with van der Waals surface area (Å²) in [4.78, 5) is 11.0. The average molecular weight is 285 g/mol. The van der Waals surface area contributed by atoms with Gasteiger partial charge in [-0.25, -0.2) is 13.1 Å². The van der Waals surface area contributed by atoms with E-state index in [9.17, 15) is 13.2 Å². The lowest BCUT2D eigenvalue weighted by molar-refractivity contribution is -0.117. The molecule has 1 rings (SSSR count). The van der Waals surface area contributed by atoms with Gasteiger partial charge in [0, 0.05) is 12.5 Å². The molecule has 1 atom stereocenters. The van der Waals surface area contributed by atoms with Gasteiger partial charge in [-0.1, -0.05) is 17.7 Å². The zero-order valence-corrected chi connectivity index (χ0v) is 11.9. The highest BCUT2D eigenvalue weighted by atomic mass is 32.2. The third-order valence-corrected chi connectivity index (χ3v) is 4.25. The van der Waals surface area contributed by atoms with Crippen LogP contribution in [0.1, 0.15) is 25.3 Å². The van der Waals surface area contributed by atoms with Crippen molar-refractivity contribution in [2.75, 3.05) is 6.61 Å². The van der Waals surface area contributed by atoms with E-state index in [4.69, 9.17) is 5.11 Å². The molecule has 0 aliphatic heterocycles. The van der Waals surface area contributed by atoms with Gasteiger partial charge in [-0.15, -0.1) is 0 Å². The SMILES string of the molecule is CC(=O)CC[C@@H](CO)NS(=O)(=O)c1ccc(C)cc1. The number of benzene rings is 1. The summed E-state index contributed by atoms with van der Waals surface area (Å²) >= 11 is 0. The smallest absolute Gasteiger partial charge is 0.240 e. The summed E-state index contributed by atoms with van der Waals surface area (Å²) in [7, 11) is -3.66. The Kier molecular flexibility index (Phi) is 5.65. The van der Waals surface area contributed by atoms with Crippen molar-refractivity contribution in [3.8, 4) is 0 Å². The third kappa shape index (κ3) is 5.10. The molecule has 2 N–H and O–H groups in total. The number of sulfonamides is 1. The fourth-order valence-electron chi connectivity index (χ4n) is 1.57. The van der Waals surface area contributed by atoms with Crippen molar-refractivity contribution in [2.45, 2.75) is 37.6 Å². The standard InChI is InChI=1S/C13H19NO4S/c1-10-3-7-13(8-4-10)19(17,18)14-12(9-15)6-5-11(2)16/h3-4,7-8,12,14-15H,5-6,9H2,1-2H3/t12-/m0/s1. The minimum atomic E-state index is -3.66. The second-order valence-corrected chi connectivity index (χ2v) is 6.27. The zero-order chi connectivity index (χ0) is 14.5. The van der Waals surface area contributed by atoms with Crippen LogP contribution < -0.4 is 4.72 Å². The number of aliphatic hydroxyl groups excluding tert-OH is 1. The van der Waals surface area contributed by atoms with Gasteiger partial charge in [-0.05, 0) is 32.4 Å². The Hall–Kier alpha value is -1.24. The molecule has 0 saturated carbocycles. The third-order valence-electron chi connectivity index (χ3n) is 2.72. The van der Waals surface area contributed by atoms with Gasteiger partial charge in [-0.2, -0.15) is 0 Å². The fraction of sp³-hybridized carbons (Fsp3) is 0.462. The average Bonchev–Trinajstić information content (AvgIpc) is 2.34. The van der Waals surface area contributed by atoms with Gasteiger partial charge in [-0.3, -0.25) is 0 Å². The van der Waals surface area contributed by atoms with Crippen molar-refractivity contribution < 1.29 is 18.3 Å². The molecule has 0 bridgehead atoms. The molecular formula is C13H19NO4S. The number of ketones is 1. The van der Waals surface area contributed by atoms with E-state index in [2.05, 4.69) is 4.72 Å². The van der Waals surface area contributed by atoms with Gasteiger partial charge >= 0.3 is 0 Å². The topological polar surface area (TPSA) is 83.5 Å². The molecule has 0 unspecified atom stereocenters. The molecule has 106 valence electrons. The number of rotatable bonds is 7. The van der Waals surface area contributed by atoms with Gasteiger partial charge in [0.15, 0.2) is 0 Å². The van der Waals surface area contributed by atoms with Crippen molar-refractivity contribution in [3.05, 3.63) is 29.8 Å². The summed E-state index contributed by atoms with van der Waals surface area (Å²) in [5, 5.41) is 9.16. The minimum Gasteiger partial charge on any atom is -0.395 e. The van der Waals surface area contributed by atoms with E-state index in [0.29, 0.717) is 0 Å². The number of nitrogens with one attached hydrogen (secondary N) is 1. The predicted octanol–water partition coefficient (Wildman–Crippen LogP) is 1.00. The zero-order valence-electron chi connectivity index (χ0n) is 11.1. The number of hydrogen-bond donors (Lipinski definition) is 2. The molecular weight excluding hydrogens is 266 g/mol. The first-order chi connectivity index (χ1) is 8.85. The van der Waals surface area contributed by atoms with E-state index < -0.39 is 16.1 Å². The van der Waals surface area contributed by atoms with Crippen LogP contribution in [0.15, 0.2) is 29.2 Å². The van der Waals surface area contributed by atoms with Crippen LogP contribution in [0.2, 0.25) is 0 Å². The molecule has 0 radical (unpaired) electrons. The first-order valence-electron chi connectivity index (χ1n) is 6.04. The molecule has 6 heteroatoms. The number of hydrogen-bond acceptors (Lipinski definition) is 4. The van der Waals surface area contributed by atoms with E-state index in [1.54, 1.807) is 12.1 Å². The maximum atomic E-state index is 12.1. The molecule has 0 fully saturated rings. The minimum absolute atomic E-state index is 0.0343. The number of aryl methyl sites for hydroxylation is 1. The van der Waals surface area contributed by atoms with Crippen molar-refractivity contribution in [3.63, 3.8) is 0 Å². The van der Waals surface area contributed by atoms with E-state index in [1.807, 2.05) is 6.92 Å². The summed E-state index contributed by atoms with van der Waals surface area (Å²) in [6.07, 6.45) is 0.526. The van der Waals surface area contributed by atoms with Crippen LogP contribution in [0.25, 0.3) is 0 Å². The Morgan fingerprint density at radius 1 is 1.32 bits per heavy atom. The number of aliphatic hydroxyl groups is 1. The molecule has 19 heavy (non-hydrogen) atoms. The Labute approximate surface area is 113 Å². The van der Waals surface area contributed by atoms with Crippen LogP contribution in [-0.4, -0.2) is 32.0 Å². The summed E-state index contributed by atoms with van der Waals surface area (Å²) < 4.78 is 26.5. The van der Waals surface area contributed by atoms with Crippen molar-refractivity contribution in [1.82, 2.24) is 4.72 Å². The van der Waals surface area contributed by atoms with Crippen LogP contribution >= 0.6 is 0 Å². The maximum absolute atomic E-state index is 12.1. The lowest BCUT2D eigenvalue weighted by Gasteiger charge is -2.15. The second-order valence-electron chi connectivity index (χ2n) is 4.55. The fourth-order valence-corrected chi connectivity index (χ4v) is 2.83. The van der Waals surface area contributed by atoms with Crippen molar-refractivity contribution >= 4 is 15.8 Å². The Balaban J connectivity index is 2.77. The highest BCUT2D eigenvalue weighted by Gasteiger charge is 2.19. The molecule has 0 spiro atoms. The number of carbonyl (C=O) groups excluding carboxylic acids is 1. The van der Waals surface area contributed by atoms with Crippen molar-refractivity contribution in [1.29, 1.82) is 0 Å². The largest absolute Gasteiger partial charge is 0.395 e. The van der Waals surface area contributed by atoms with Crippen LogP contribution in [0, 0.1) is 6.92 Å². The number of carbonyl (C=O) groups is 1. The van der Waals surface area contributed by atoms with Crippen LogP contribution in [-0.2, 0) is 14.8 Å². The molecule has 0 aromatic heterocycles. The Morgan fingerprint density at radius 3 is 2.37 bits per heavy atom. The summed E-state index contributed by atoms with van der Waals surface area (Å²) in [6.45, 7) is 2.97. The van der Waals surface area contributed by atoms with Crippen LogP contribution in [0.4, 0.5) is 0 Å². The first kappa shape index (κ1) is 15.8. The predicted molar refractivity (Wildman–Crippen MR) is 72.3 cm³/mol. The van der Waals surface area contributed by atoms with Crippen molar-refractivity contribution in [2.24, 2.45) is 0 Å². The lowest BCUT2D eigenvalue weighted by Crippen LogP contribution is -2.37. The van der Waals surface area contributed by atoms with Crippen LogP contribution in [0.5, 0.6) is 0 Å². The van der Waals surface area contributed by atoms with E-state index in [1.165, 1.54) is 19.1 Å². The van der Waals surface area contributed by atoms with Gasteiger partial charge in [0.25, 0.3) is 0 Å². The van der Waals surface area contributed by atoms with E-state index in [-0.39, 0.29) is 30.1 Å². The highest BCUT2D eigenvalue weighted by Crippen LogP contribution is 2.11. The van der Waals surface area contributed by atoms with Gasteiger partial charge in [0.05, 0.1) is 11.5 Å². The quantitative estimate of drug-likeness (QED) is 0.783. The normalized spacial score (nSPS) is 13.2. The Morgan fingerprint density at radius 2 is 1.89 bits per heavy atom. The molecule has 0 heterocycles. The number of Topliss-reactive ketones (excluding diaryl/α,β-unsaturated/α-hetero) is 1. The second kappa shape index (κ2) is 6.79. The molecule has 0 amide bonds. The molecule has 1 aromatic carbocycles. The monoisotopic (exact) mass is 285 g/mol. The summed E-state index contributed by atoms with van der Waals surface area (Å²) in [5.74, 6) is -0.0343. The summed E-state index contributed by atoms with van der Waals surface area (Å²) in [6, 6.07) is 5.79. The molecule has 1 aromatic rings. The van der Waals surface area contributed by atoms with E-state index >= 15 is 0 Å². The first-order valence-corrected chi connectivity index (χ1v) is 7.53. The lowest BCUT2D eigenvalue weighted by atomic mass is 10.1. The highest BCUT2D eigenvalue weighted by molar-refractivity contribution is 7.89. The molecule has 5 nitrogen and oxygen atoms in total. The van der Waals surface area contributed by atoms with Gasteiger partial charge in [0.2, 0.25) is 10.0 Å². The van der Waals surface area contributed by atoms with Gasteiger partial charge < -0.3 is 9.90 Å². The molecule has 0 aliphatic rings. The molecule has 0 aliphatic carbocycles. The van der Waals surface area contributed by atoms with E-state index in [0.717, 1.165) is 5.56 Å². The molecule has 0 saturated heterocycles. The maximum Gasteiger partial charge on any atom is 0.240 e. The van der Waals surface area contributed by atoms with Gasteiger partial charge in [0.1, 0.15) is 5.78 Å². The van der Waals surface area contributed by atoms with Crippen LogP contribution in [0.3, 0.4) is 0 Å².